The van der Waals surface area contributed by atoms with Gasteiger partial charge in [-0.05, 0) is 35.2 Å². The third-order valence-electron chi connectivity index (χ3n) is 4.63. The second kappa shape index (κ2) is 9.30. The SMILES string of the molecule is O=C1OC[C@@H](c2ccccc2)N1C(=CNSCc1ccccc1)c1cccnc1. The molecule has 1 aliphatic rings. The van der Waals surface area contributed by atoms with Gasteiger partial charge in [0.2, 0.25) is 0 Å². The van der Waals surface area contributed by atoms with Gasteiger partial charge in [-0.25, -0.2) is 4.79 Å². The first kappa shape index (κ1) is 19.1. The summed E-state index contributed by atoms with van der Waals surface area (Å²) in [5.41, 5.74) is 3.84. The van der Waals surface area contributed by atoms with Crippen LogP contribution in [-0.4, -0.2) is 22.6 Å². The zero-order chi connectivity index (χ0) is 19.9. The average Bonchev–Trinajstić information content (AvgIpc) is 3.17. The van der Waals surface area contributed by atoms with E-state index in [0.717, 1.165) is 22.6 Å². The molecule has 1 atom stereocenters. The highest BCUT2D eigenvalue weighted by molar-refractivity contribution is 7.96. The minimum absolute atomic E-state index is 0.184. The molecule has 29 heavy (non-hydrogen) atoms. The van der Waals surface area contributed by atoms with Crippen LogP contribution in [0.15, 0.2) is 91.4 Å². The highest BCUT2D eigenvalue weighted by Gasteiger charge is 2.37. The normalized spacial score (nSPS) is 16.6. The van der Waals surface area contributed by atoms with Gasteiger partial charge in [-0.2, -0.15) is 0 Å². The van der Waals surface area contributed by atoms with E-state index in [9.17, 15) is 4.79 Å². The lowest BCUT2D eigenvalue weighted by Crippen LogP contribution is -2.27. The molecule has 3 aromatic rings. The molecule has 0 spiro atoms. The van der Waals surface area contributed by atoms with E-state index in [4.69, 9.17) is 4.74 Å². The lowest BCUT2D eigenvalue weighted by atomic mass is 10.1. The molecule has 0 unspecified atom stereocenters. The zero-order valence-electron chi connectivity index (χ0n) is 15.8. The number of aromatic nitrogens is 1. The maximum Gasteiger partial charge on any atom is 0.415 e. The van der Waals surface area contributed by atoms with E-state index < -0.39 is 0 Å². The Labute approximate surface area is 174 Å². The molecule has 2 aromatic carbocycles. The Morgan fingerprint density at radius 1 is 1.10 bits per heavy atom. The molecule has 0 radical (unpaired) electrons. The van der Waals surface area contributed by atoms with Gasteiger partial charge in [0.25, 0.3) is 0 Å². The Kier molecular flexibility index (Phi) is 6.12. The summed E-state index contributed by atoms with van der Waals surface area (Å²) in [5, 5.41) is 0. The Hall–Kier alpha value is -3.25. The fourth-order valence-electron chi connectivity index (χ4n) is 3.21. The van der Waals surface area contributed by atoms with Gasteiger partial charge in [0.05, 0.1) is 11.7 Å². The largest absolute Gasteiger partial charge is 0.447 e. The quantitative estimate of drug-likeness (QED) is 0.444. The van der Waals surface area contributed by atoms with Crippen LogP contribution in [0.2, 0.25) is 0 Å². The molecule has 6 heteroatoms. The van der Waals surface area contributed by atoms with E-state index >= 15 is 0 Å². The van der Waals surface area contributed by atoms with Crippen molar-refractivity contribution in [1.29, 1.82) is 0 Å². The van der Waals surface area contributed by atoms with Crippen LogP contribution in [-0.2, 0) is 10.5 Å². The summed E-state index contributed by atoms with van der Waals surface area (Å²) in [6.07, 6.45) is 4.97. The van der Waals surface area contributed by atoms with Crippen LogP contribution < -0.4 is 4.72 Å². The number of benzene rings is 2. The van der Waals surface area contributed by atoms with Crippen molar-refractivity contribution >= 4 is 23.7 Å². The van der Waals surface area contributed by atoms with Crippen molar-refractivity contribution in [3.05, 3.63) is 108 Å². The molecule has 1 aliphatic heterocycles. The number of ether oxygens (including phenoxy) is 1. The molecule has 0 saturated carbocycles. The molecule has 2 heterocycles. The smallest absolute Gasteiger partial charge is 0.415 e. The summed E-state index contributed by atoms with van der Waals surface area (Å²) in [5.74, 6) is 0.810. The van der Waals surface area contributed by atoms with Crippen LogP contribution in [0.25, 0.3) is 5.70 Å². The second-order valence-corrected chi connectivity index (χ2v) is 7.35. The first-order chi connectivity index (χ1) is 14.3. The number of cyclic esters (lactones) is 1. The lowest BCUT2D eigenvalue weighted by molar-refractivity contribution is 0.167. The Morgan fingerprint density at radius 2 is 1.86 bits per heavy atom. The van der Waals surface area contributed by atoms with Gasteiger partial charge in [0.15, 0.2) is 0 Å². The minimum atomic E-state index is -0.358. The molecule has 1 fully saturated rings. The van der Waals surface area contributed by atoms with Crippen molar-refractivity contribution < 1.29 is 9.53 Å². The first-order valence-corrected chi connectivity index (χ1v) is 10.3. The molecule has 1 amide bonds. The van der Waals surface area contributed by atoms with Gasteiger partial charge in [-0.3, -0.25) is 9.88 Å². The van der Waals surface area contributed by atoms with Crippen LogP contribution in [0.5, 0.6) is 0 Å². The van der Waals surface area contributed by atoms with E-state index in [1.54, 1.807) is 29.2 Å². The van der Waals surface area contributed by atoms with E-state index in [1.807, 2.05) is 66.9 Å². The molecular formula is C23H21N3O2S. The maximum absolute atomic E-state index is 12.6. The number of hydrogen-bond acceptors (Lipinski definition) is 5. The highest BCUT2D eigenvalue weighted by atomic mass is 32.2. The Balaban J connectivity index is 1.58. The number of carbonyl (C=O) groups is 1. The molecule has 5 nitrogen and oxygen atoms in total. The molecule has 0 bridgehead atoms. The van der Waals surface area contributed by atoms with Crippen molar-refractivity contribution in [2.24, 2.45) is 0 Å². The van der Waals surface area contributed by atoms with Crippen LogP contribution in [0.4, 0.5) is 4.79 Å². The minimum Gasteiger partial charge on any atom is -0.447 e. The predicted octanol–water partition coefficient (Wildman–Crippen LogP) is 5.01. The number of pyridine rings is 1. The van der Waals surface area contributed by atoms with Crippen LogP contribution >= 0.6 is 11.9 Å². The summed E-state index contributed by atoms with van der Waals surface area (Å²) in [4.78, 5) is 18.6. The van der Waals surface area contributed by atoms with Crippen molar-refractivity contribution in [3.63, 3.8) is 0 Å². The molecule has 1 N–H and O–H groups in total. The zero-order valence-corrected chi connectivity index (χ0v) is 16.6. The molecule has 1 aromatic heterocycles. The first-order valence-electron chi connectivity index (χ1n) is 9.35. The second-order valence-electron chi connectivity index (χ2n) is 6.54. The van der Waals surface area contributed by atoms with Gasteiger partial charge in [-0.1, -0.05) is 60.7 Å². The third-order valence-corrected chi connectivity index (χ3v) is 5.40. The maximum atomic E-state index is 12.6. The van der Waals surface area contributed by atoms with E-state index in [-0.39, 0.29) is 12.1 Å². The third kappa shape index (κ3) is 4.60. The summed E-state index contributed by atoms with van der Waals surface area (Å²) >= 11 is 1.56. The van der Waals surface area contributed by atoms with Crippen LogP contribution in [0, 0.1) is 0 Å². The van der Waals surface area contributed by atoms with Crippen molar-refractivity contribution in [2.75, 3.05) is 6.61 Å². The summed E-state index contributed by atoms with van der Waals surface area (Å²) < 4.78 is 8.68. The average molecular weight is 404 g/mol. The van der Waals surface area contributed by atoms with Gasteiger partial charge in [0, 0.05) is 29.9 Å². The molecular weight excluding hydrogens is 382 g/mol. The Morgan fingerprint density at radius 3 is 2.59 bits per heavy atom. The highest BCUT2D eigenvalue weighted by Crippen LogP contribution is 2.35. The summed E-state index contributed by atoms with van der Waals surface area (Å²) in [7, 11) is 0. The van der Waals surface area contributed by atoms with Gasteiger partial charge in [0.1, 0.15) is 6.61 Å². The number of nitrogens with zero attached hydrogens (tertiary/aromatic N) is 2. The summed E-state index contributed by atoms with van der Waals surface area (Å²) in [6.45, 7) is 0.317. The fourth-order valence-corrected chi connectivity index (χ4v) is 3.85. The van der Waals surface area contributed by atoms with E-state index in [1.165, 1.54) is 5.56 Å². The molecule has 0 aliphatic carbocycles. The van der Waals surface area contributed by atoms with Crippen LogP contribution in [0.3, 0.4) is 0 Å². The van der Waals surface area contributed by atoms with E-state index in [2.05, 4.69) is 21.8 Å². The topological polar surface area (TPSA) is 54.5 Å². The fraction of sp³-hybridized carbons (Fsp3) is 0.130. The lowest BCUT2D eigenvalue weighted by Gasteiger charge is -2.24. The number of rotatable bonds is 7. The number of hydrogen-bond donors (Lipinski definition) is 1. The van der Waals surface area contributed by atoms with E-state index in [0.29, 0.717) is 6.61 Å². The number of amides is 1. The molecule has 146 valence electrons. The summed E-state index contributed by atoms with van der Waals surface area (Å²) in [6, 6.07) is 23.8. The van der Waals surface area contributed by atoms with Crippen molar-refractivity contribution in [2.45, 2.75) is 11.8 Å². The van der Waals surface area contributed by atoms with Gasteiger partial charge >= 0.3 is 6.09 Å². The number of nitrogens with one attached hydrogen (secondary N) is 1. The molecule has 1 saturated heterocycles. The Bertz CT molecular complexity index is 965. The number of carbonyl (C=O) groups excluding carboxylic acids is 1. The standard InChI is InChI=1S/C23H21N3O2S/c27-23-26(22(16-28-23)19-10-5-2-6-11-19)21(20-12-7-13-24-14-20)15-25-29-17-18-8-3-1-4-9-18/h1-15,22,25H,16-17H2/t22-/m0/s1. The monoisotopic (exact) mass is 403 g/mol. The van der Waals surface area contributed by atoms with Gasteiger partial charge < -0.3 is 9.46 Å². The van der Waals surface area contributed by atoms with Gasteiger partial charge in [-0.15, -0.1) is 0 Å². The van der Waals surface area contributed by atoms with Crippen molar-refractivity contribution in [3.8, 4) is 0 Å². The van der Waals surface area contributed by atoms with Crippen molar-refractivity contribution in [1.82, 2.24) is 14.6 Å². The predicted molar refractivity (Wildman–Crippen MR) is 115 cm³/mol. The van der Waals surface area contributed by atoms with Crippen LogP contribution in [0.1, 0.15) is 22.7 Å². The molecule has 4 rings (SSSR count).